The molecule has 1 atom stereocenters. The van der Waals surface area contributed by atoms with Crippen molar-refractivity contribution >= 4 is 8.25 Å². The van der Waals surface area contributed by atoms with Gasteiger partial charge in [-0.05, 0) is 6.42 Å². The molecule has 0 fully saturated rings. The van der Waals surface area contributed by atoms with Crippen molar-refractivity contribution in [1.82, 2.24) is 0 Å². The van der Waals surface area contributed by atoms with Crippen LogP contribution in [0, 0.1) is 7.43 Å². The molecular weight excluding hydrogens is 250 g/mol. The molecule has 0 heterocycles. The Hall–Kier alpha value is 0.456. The summed E-state index contributed by atoms with van der Waals surface area (Å²) in [7, 11) is -2.68. The fraction of sp³-hybridized carbons (Fsp3) is 0.875. The van der Waals surface area contributed by atoms with Gasteiger partial charge in [-0.1, -0.05) is 32.6 Å². The molecule has 4 nitrogen and oxygen atoms in total. The molecule has 0 aromatic rings. The van der Waals surface area contributed by atoms with Crippen molar-refractivity contribution in [2.24, 2.45) is 0 Å². The van der Waals surface area contributed by atoms with Gasteiger partial charge in [0, 0.05) is 0 Å². The van der Waals surface area contributed by atoms with E-state index in [0.29, 0.717) is 6.61 Å². The third-order valence-electron chi connectivity index (χ3n) is 1.47. The summed E-state index contributed by atoms with van der Waals surface area (Å²) in [6, 6.07) is 0. The number of hydrogen-bond donors (Lipinski definition) is 1. The van der Waals surface area contributed by atoms with Gasteiger partial charge in [-0.15, -0.1) is 0 Å². The van der Waals surface area contributed by atoms with E-state index in [1.807, 2.05) is 0 Å². The first-order chi connectivity index (χ1) is 6.27. The average molecular weight is 270 g/mol. The van der Waals surface area contributed by atoms with Crippen LogP contribution in [-0.4, -0.2) is 11.5 Å². The molecule has 1 N–H and O–H groups in total. The Labute approximate surface area is 95.2 Å². The Morgan fingerprint density at radius 3 is 2.14 bits per heavy atom. The zero-order valence-electron chi connectivity index (χ0n) is 8.75. The topological polar surface area (TPSA) is 63.6 Å². The van der Waals surface area contributed by atoms with Crippen LogP contribution < -0.4 is 0 Å². The quantitative estimate of drug-likeness (QED) is 0.439. The van der Waals surface area contributed by atoms with Gasteiger partial charge in [0.2, 0.25) is 0 Å². The maximum absolute atomic E-state index is 10.1. The van der Waals surface area contributed by atoms with Crippen LogP contribution in [0.25, 0.3) is 0 Å². The van der Waals surface area contributed by atoms with E-state index >= 15 is 0 Å². The predicted octanol–water partition coefficient (Wildman–Crippen LogP) is 2.68. The van der Waals surface area contributed by atoms with Gasteiger partial charge in [0.1, 0.15) is 0 Å². The van der Waals surface area contributed by atoms with Crippen LogP contribution in [0.15, 0.2) is 0 Å². The van der Waals surface area contributed by atoms with Crippen LogP contribution in [0.5, 0.6) is 0 Å². The Bertz CT molecular complexity index is 124. The van der Waals surface area contributed by atoms with Crippen molar-refractivity contribution in [3.63, 3.8) is 0 Å². The van der Waals surface area contributed by atoms with E-state index < -0.39 is 8.25 Å². The van der Waals surface area contributed by atoms with Crippen molar-refractivity contribution in [2.75, 3.05) is 6.61 Å². The molecule has 0 aromatic carbocycles. The summed E-state index contributed by atoms with van der Waals surface area (Å²) in [6.45, 7) is 2.58. The summed E-state index contributed by atoms with van der Waals surface area (Å²) in [4.78, 5) is 8.28. The zero-order valence-corrected chi connectivity index (χ0v) is 10.8. The minimum absolute atomic E-state index is 0. The fourth-order valence-electron chi connectivity index (χ4n) is 0.865. The van der Waals surface area contributed by atoms with Crippen LogP contribution in [0.2, 0.25) is 0 Å². The summed E-state index contributed by atoms with van der Waals surface area (Å²) in [6.07, 6.45) is 5.66. The molecule has 0 saturated heterocycles. The Kier molecular flexibility index (Phi) is 27.2. The summed E-state index contributed by atoms with van der Waals surface area (Å²) < 4.78 is 22.5. The Balaban J connectivity index is -0.000000376. The van der Waals surface area contributed by atoms with E-state index in [0.717, 1.165) is 12.8 Å². The van der Waals surface area contributed by atoms with Gasteiger partial charge in [0.05, 0.1) is 6.61 Å². The molecule has 91 valence electrons. The van der Waals surface area contributed by atoms with Crippen LogP contribution in [0.4, 0.5) is 0 Å². The van der Waals surface area contributed by atoms with Crippen LogP contribution in [0.1, 0.15) is 39.0 Å². The molecule has 0 spiro atoms. The molecule has 0 aliphatic carbocycles. The summed E-state index contributed by atoms with van der Waals surface area (Å²) in [5.41, 5.74) is 0. The SMILES string of the molecule is CCCCCCCO[PH](=O)O.[CH3-].[O]=[Co]. The third kappa shape index (κ3) is 22.9. The molecule has 0 radical (unpaired) electrons. The van der Waals surface area contributed by atoms with Crippen molar-refractivity contribution in [3.05, 3.63) is 7.43 Å². The summed E-state index contributed by atoms with van der Waals surface area (Å²) in [5, 5.41) is 0. The van der Waals surface area contributed by atoms with Crippen molar-refractivity contribution in [3.8, 4) is 0 Å². The maximum atomic E-state index is 10.1. The van der Waals surface area contributed by atoms with Crippen molar-refractivity contribution < 1.29 is 33.5 Å². The zero-order chi connectivity index (χ0) is 10.5. The van der Waals surface area contributed by atoms with Crippen LogP contribution in [0.3, 0.4) is 0 Å². The number of unbranched alkanes of at least 4 members (excludes halogenated alkanes) is 4. The first-order valence-electron chi connectivity index (χ1n) is 4.26. The van der Waals surface area contributed by atoms with Crippen LogP contribution >= 0.6 is 8.25 Å². The van der Waals surface area contributed by atoms with E-state index in [9.17, 15) is 4.57 Å². The fourth-order valence-corrected chi connectivity index (χ4v) is 1.18. The molecule has 0 bridgehead atoms. The Morgan fingerprint density at radius 2 is 1.71 bits per heavy atom. The van der Waals surface area contributed by atoms with Gasteiger partial charge in [-0.3, -0.25) is 4.57 Å². The second-order valence-electron chi connectivity index (χ2n) is 2.53. The summed E-state index contributed by atoms with van der Waals surface area (Å²) >= 11 is 2.31. The molecule has 0 amide bonds. The van der Waals surface area contributed by atoms with Gasteiger partial charge < -0.3 is 16.8 Å². The normalized spacial score (nSPS) is 10.8. The molecule has 1 unspecified atom stereocenters. The third-order valence-corrected chi connectivity index (χ3v) is 1.92. The second-order valence-corrected chi connectivity index (χ2v) is 3.35. The minimum atomic E-state index is -2.68. The molecule has 14 heavy (non-hydrogen) atoms. The molecular formula is C8H20CoO4P-. The summed E-state index contributed by atoms with van der Waals surface area (Å²) in [5.74, 6) is 0. The first kappa shape index (κ1) is 19.9. The monoisotopic (exact) mass is 270 g/mol. The van der Waals surface area contributed by atoms with Gasteiger partial charge in [0.25, 0.3) is 0 Å². The van der Waals surface area contributed by atoms with Gasteiger partial charge in [-0.25, -0.2) is 0 Å². The molecule has 0 aromatic heterocycles. The van der Waals surface area contributed by atoms with Gasteiger partial charge in [0.15, 0.2) is 0 Å². The average Bonchev–Trinajstić information content (AvgIpc) is 2.14. The van der Waals surface area contributed by atoms with E-state index in [2.05, 4.69) is 27.1 Å². The van der Waals surface area contributed by atoms with E-state index in [1.165, 1.54) is 19.3 Å². The van der Waals surface area contributed by atoms with Gasteiger partial charge in [-0.2, -0.15) is 0 Å². The number of rotatable bonds is 7. The molecule has 0 aliphatic heterocycles. The van der Waals surface area contributed by atoms with E-state index in [-0.39, 0.29) is 7.43 Å². The van der Waals surface area contributed by atoms with E-state index in [4.69, 9.17) is 8.76 Å². The molecule has 0 rings (SSSR count). The molecule has 0 saturated carbocycles. The Morgan fingerprint density at radius 1 is 1.21 bits per heavy atom. The molecule has 0 aliphatic rings. The second kappa shape index (κ2) is 19.1. The first-order valence-corrected chi connectivity index (χ1v) is 5.95. The van der Waals surface area contributed by atoms with Gasteiger partial charge >= 0.3 is 27.8 Å². The van der Waals surface area contributed by atoms with Crippen molar-refractivity contribution in [1.29, 1.82) is 0 Å². The molecule has 6 heteroatoms. The van der Waals surface area contributed by atoms with E-state index in [1.54, 1.807) is 0 Å². The van der Waals surface area contributed by atoms with Crippen molar-refractivity contribution in [2.45, 2.75) is 39.0 Å². The predicted molar refractivity (Wildman–Crippen MR) is 53.0 cm³/mol. The standard InChI is InChI=1S/C7H17O3P.CH3.Co.O/c1-2-3-4-5-6-7-10-11(8)9;;;/h11H,2-7H2,1H3,(H,8,9);1H3;;/q;-1;;. The van der Waals surface area contributed by atoms with Crippen LogP contribution in [-0.2, 0) is 28.6 Å². The number of hydrogen-bond acceptors (Lipinski definition) is 3.